The summed E-state index contributed by atoms with van der Waals surface area (Å²) in [5.41, 5.74) is 0.270. The molecule has 0 aliphatic heterocycles. The Kier molecular flexibility index (Phi) is 6.49. The molecule has 1 nitrogen and oxygen atoms in total. The molecule has 0 aliphatic rings. The molecule has 0 saturated heterocycles. The van der Waals surface area contributed by atoms with Gasteiger partial charge in [-0.1, -0.05) is 29.6 Å². The average Bonchev–Trinajstić information content (AvgIpc) is 2.06. The zero-order valence-corrected chi connectivity index (χ0v) is 11.9. The van der Waals surface area contributed by atoms with Crippen molar-refractivity contribution >= 4 is 18.6 Å². The molecule has 0 bridgehead atoms. The van der Waals surface area contributed by atoms with Crippen LogP contribution < -0.4 is 51.4 Å². The summed E-state index contributed by atoms with van der Waals surface area (Å²) in [7, 11) is 0. The van der Waals surface area contributed by atoms with Gasteiger partial charge in [0.25, 0.3) is 0 Å². The molecule has 0 aliphatic carbocycles. The number of nitriles is 1. The molecule has 0 spiro atoms. The number of hydrogen-bond donors (Lipinski definition) is 0. The van der Waals surface area contributed by atoms with Crippen molar-refractivity contribution in [3.05, 3.63) is 34.3 Å². The zero-order chi connectivity index (χ0) is 10.8. The van der Waals surface area contributed by atoms with Gasteiger partial charge in [0, 0.05) is 5.02 Å². The molecule has 0 N–H and O–H groups in total. The Hall–Kier alpha value is 0.491. The third kappa shape index (κ3) is 5.38. The van der Waals surface area contributed by atoms with Gasteiger partial charge in [-0.25, -0.2) is 0 Å². The molecule has 0 heterocycles. The largest absolute Gasteiger partial charge is 1.00 e. The summed E-state index contributed by atoms with van der Waals surface area (Å²) in [6.07, 6.45) is -1.01. The quantitative estimate of drug-likeness (QED) is 0.692. The van der Waals surface area contributed by atoms with Crippen LogP contribution in [0.5, 0.6) is 0 Å². The number of nitrogens with zero attached hydrogens (tertiary/aromatic N) is 1. The van der Waals surface area contributed by atoms with E-state index in [0.29, 0.717) is 0 Å². The van der Waals surface area contributed by atoms with Gasteiger partial charge in [0.2, 0.25) is 0 Å². The zero-order valence-electron chi connectivity index (χ0n) is 7.98. The summed E-state index contributed by atoms with van der Waals surface area (Å²) < 4.78 is 36.1. The van der Waals surface area contributed by atoms with Crippen molar-refractivity contribution in [1.82, 2.24) is 0 Å². The Bertz CT molecular complexity index is 388. The first-order valence-corrected chi connectivity index (χ1v) is 4.20. The van der Waals surface area contributed by atoms with Gasteiger partial charge < -0.3 is 12.9 Å². The van der Waals surface area contributed by atoms with Gasteiger partial charge in [-0.05, 0) is 12.1 Å². The van der Waals surface area contributed by atoms with Crippen LogP contribution in [0.1, 0.15) is 11.1 Å². The molecule has 0 aromatic heterocycles. The molecular weight excluding hydrogens is 252 g/mol. The van der Waals surface area contributed by atoms with Crippen LogP contribution in [-0.4, -0.2) is 6.98 Å². The molecule has 1 aromatic rings. The minimum atomic E-state index is -4.88. The second-order valence-electron chi connectivity index (χ2n) is 2.83. The van der Waals surface area contributed by atoms with Crippen molar-refractivity contribution in [3.8, 4) is 6.07 Å². The van der Waals surface area contributed by atoms with Crippen molar-refractivity contribution in [1.29, 1.82) is 5.26 Å². The van der Waals surface area contributed by atoms with Crippen LogP contribution in [0, 0.1) is 11.3 Å². The number of hydrogen-bond acceptors (Lipinski definition) is 1. The van der Waals surface area contributed by atoms with E-state index in [9.17, 15) is 12.9 Å². The van der Waals surface area contributed by atoms with Gasteiger partial charge in [-0.15, -0.1) is 0 Å². The number of rotatable bonds is 2. The van der Waals surface area contributed by atoms with E-state index in [1.807, 2.05) is 0 Å². The molecule has 74 valence electrons. The molecular formula is C8H5BClF3KN. The van der Waals surface area contributed by atoms with Gasteiger partial charge in [0.15, 0.2) is 0 Å². The van der Waals surface area contributed by atoms with Crippen molar-refractivity contribution in [2.75, 3.05) is 0 Å². The molecule has 1 rings (SSSR count). The van der Waals surface area contributed by atoms with E-state index >= 15 is 0 Å². The molecule has 0 radical (unpaired) electrons. The predicted molar refractivity (Wildman–Crippen MR) is 48.9 cm³/mol. The maximum Gasteiger partial charge on any atom is 1.00 e. The fraction of sp³-hybridized carbons (Fsp3) is 0.125. The Morgan fingerprint density at radius 3 is 2.33 bits per heavy atom. The smallest absolute Gasteiger partial charge is 0.449 e. The van der Waals surface area contributed by atoms with Crippen LogP contribution in [0.2, 0.25) is 5.02 Å². The van der Waals surface area contributed by atoms with Gasteiger partial charge in [-0.3, -0.25) is 0 Å². The van der Waals surface area contributed by atoms with E-state index < -0.39 is 13.3 Å². The van der Waals surface area contributed by atoms with Gasteiger partial charge in [0.05, 0.1) is 11.6 Å². The summed E-state index contributed by atoms with van der Waals surface area (Å²) in [5.74, 6) is 0. The molecule has 0 atom stereocenters. The topological polar surface area (TPSA) is 23.8 Å². The summed E-state index contributed by atoms with van der Waals surface area (Å²) in [6, 6.07) is 5.59. The van der Waals surface area contributed by atoms with E-state index in [-0.39, 0.29) is 67.5 Å². The molecule has 15 heavy (non-hydrogen) atoms. The molecule has 0 unspecified atom stereocenters. The first-order chi connectivity index (χ1) is 6.42. The minimum Gasteiger partial charge on any atom is -0.449 e. The minimum absolute atomic E-state index is 0. The normalized spacial score (nSPS) is 10.3. The van der Waals surface area contributed by atoms with Crippen molar-refractivity contribution in [2.24, 2.45) is 0 Å². The van der Waals surface area contributed by atoms with Crippen LogP contribution in [0.15, 0.2) is 18.2 Å². The molecule has 1 aromatic carbocycles. The van der Waals surface area contributed by atoms with Crippen LogP contribution >= 0.6 is 11.6 Å². The Labute approximate surface area is 133 Å². The predicted octanol–water partition coefficient (Wildman–Crippen LogP) is 0.145. The Morgan fingerprint density at radius 2 is 1.93 bits per heavy atom. The summed E-state index contributed by atoms with van der Waals surface area (Å²) in [5, 5.41) is 8.45. The molecule has 0 fully saturated rings. The standard InChI is InChI=1S/C8H5BClF3N.K/c10-8-3-6(5-14)1-2-7(8)4-9(11,12)13;/h1-3H,4H2;/q-1;+1. The van der Waals surface area contributed by atoms with Crippen molar-refractivity contribution in [3.63, 3.8) is 0 Å². The van der Waals surface area contributed by atoms with E-state index in [2.05, 4.69) is 0 Å². The Balaban J connectivity index is 0.00000196. The maximum atomic E-state index is 12.0. The first kappa shape index (κ1) is 15.5. The van der Waals surface area contributed by atoms with Gasteiger partial charge in [0.1, 0.15) is 0 Å². The van der Waals surface area contributed by atoms with Gasteiger partial charge in [-0.2, -0.15) is 5.26 Å². The maximum absolute atomic E-state index is 12.0. The summed E-state index contributed by atoms with van der Waals surface area (Å²) in [4.78, 5) is 0. The Morgan fingerprint density at radius 1 is 1.33 bits per heavy atom. The van der Waals surface area contributed by atoms with Crippen molar-refractivity contribution < 1.29 is 64.3 Å². The number of benzene rings is 1. The SMILES string of the molecule is N#Cc1ccc(C[B-](F)(F)F)c(Cl)c1.[K+]. The third-order valence-corrected chi connectivity index (χ3v) is 1.99. The van der Waals surface area contributed by atoms with E-state index in [1.165, 1.54) is 18.2 Å². The second-order valence-corrected chi connectivity index (χ2v) is 3.24. The van der Waals surface area contributed by atoms with Gasteiger partial charge >= 0.3 is 58.4 Å². The molecule has 0 saturated carbocycles. The number of halogens is 4. The first-order valence-electron chi connectivity index (χ1n) is 3.82. The van der Waals surface area contributed by atoms with Crippen LogP contribution in [0.3, 0.4) is 0 Å². The fourth-order valence-electron chi connectivity index (χ4n) is 1.03. The van der Waals surface area contributed by atoms with Crippen molar-refractivity contribution in [2.45, 2.75) is 6.32 Å². The van der Waals surface area contributed by atoms with Crippen LogP contribution in [0.25, 0.3) is 0 Å². The van der Waals surface area contributed by atoms with E-state index in [1.54, 1.807) is 6.07 Å². The second kappa shape index (κ2) is 6.28. The third-order valence-electron chi connectivity index (χ3n) is 1.63. The fourth-order valence-corrected chi connectivity index (χ4v) is 1.29. The monoisotopic (exact) mass is 257 g/mol. The molecule has 7 heteroatoms. The average molecular weight is 257 g/mol. The van der Waals surface area contributed by atoms with E-state index in [4.69, 9.17) is 16.9 Å². The van der Waals surface area contributed by atoms with E-state index in [0.717, 1.165) is 0 Å². The summed E-state index contributed by atoms with van der Waals surface area (Å²) >= 11 is 5.57. The van der Waals surface area contributed by atoms with Crippen LogP contribution in [-0.2, 0) is 6.32 Å². The summed E-state index contributed by atoms with van der Waals surface area (Å²) in [6.45, 7) is -4.88. The molecule has 0 amide bonds. The van der Waals surface area contributed by atoms with Crippen LogP contribution in [0.4, 0.5) is 12.9 Å².